The molecule has 8 nitrogen and oxygen atoms in total. The van der Waals surface area contributed by atoms with Gasteiger partial charge in [-0.2, -0.15) is 0 Å². The summed E-state index contributed by atoms with van der Waals surface area (Å²) in [6.45, 7) is 0. The summed E-state index contributed by atoms with van der Waals surface area (Å²) in [5.41, 5.74) is 3.59. The summed E-state index contributed by atoms with van der Waals surface area (Å²) in [6, 6.07) is 25.8. The summed E-state index contributed by atoms with van der Waals surface area (Å²) >= 11 is 0. The molecule has 3 aliphatic carbocycles. The van der Waals surface area contributed by atoms with Gasteiger partial charge in [0.1, 0.15) is 49.9 Å². The number of fused-ring (bicyclic) bond motifs is 8. The molecule has 0 unspecified atom stereocenters. The van der Waals surface area contributed by atoms with Gasteiger partial charge in [-0.05, 0) is 73.1 Å². The number of rotatable bonds is 3. The van der Waals surface area contributed by atoms with E-state index in [1.54, 1.807) is 0 Å². The maximum Gasteiger partial charge on any atom is 0.204 e. The third-order valence-corrected chi connectivity index (χ3v) is 10.5. The standard InChI is InChI=1S/C44H28B2O8/c45-38-36(41(50)39(46)42(51)37(38)35-27(47)19-28(48)40(49)44(53)43(35)52)32-22-10-2-1-9-21(18-22)31(24-12-5-6-13-25(24)32)26-14-7-15-29-34(26)33-23-11-4-3-8-20(23)16-17-30(33)54-29/h1-17,47-53H,18-19H2. The Kier molecular flexibility index (Phi) is 7.36. The van der Waals surface area contributed by atoms with Gasteiger partial charge in [0, 0.05) is 21.9 Å². The number of benzene rings is 5. The highest BCUT2D eigenvalue weighted by molar-refractivity contribution is 6.43. The van der Waals surface area contributed by atoms with Gasteiger partial charge in [0.2, 0.25) is 5.76 Å². The molecule has 7 N–H and O–H groups in total. The zero-order valence-corrected chi connectivity index (χ0v) is 28.4. The molecule has 0 fully saturated rings. The van der Waals surface area contributed by atoms with Crippen molar-refractivity contribution in [2.45, 2.75) is 12.8 Å². The van der Waals surface area contributed by atoms with Crippen LogP contribution in [0.1, 0.15) is 29.5 Å². The maximum atomic E-state index is 11.8. The molecule has 4 radical (unpaired) electrons. The lowest BCUT2D eigenvalue weighted by atomic mass is 9.72. The van der Waals surface area contributed by atoms with Crippen molar-refractivity contribution in [2.75, 3.05) is 0 Å². The van der Waals surface area contributed by atoms with Crippen molar-refractivity contribution >= 4 is 76.0 Å². The van der Waals surface area contributed by atoms with Crippen LogP contribution in [0.5, 0.6) is 11.5 Å². The van der Waals surface area contributed by atoms with Crippen molar-refractivity contribution in [1.29, 1.82) is 0 Å². The molecule has 10 heteroatoms. The monoisotopic (exact) mass is 706 g/mol. The van der Waals surface area contributed by atoms with Gasteiger partial charge in [-0.15, -0.1) is 0 Å². The molecule has 1 aromatic heterocycles. The number of phenols is 2. The lowest BCUT2D eigenvalue weighted by Gasteiger charge is -2.24. The Bertz CT molecular complexity index is 3030. The average Bonchev–Trinajstić information content (AvgIpc) is 3.29. The van der Waals surface area contributed by atoms with Gasteiger partial charge in [0.05, 0.1) is 12.0 Å². The van der Waals surface area contributed by atoms with Gasteiger partial charge in [-0.3, -0.25) is 0 Å². The molecule has 6 aromatic rings. The van der Waals surface area contributed by atoms with Crippen LogP contribution in [-0.2, 0) is 0 Å². The molecule has 3 aliphatic rings. The van der Waals surface area contributed by atoms with Crippen LogP contribution in [0.2, 0.25) is 0 Å². The van der Waals surface area contributed by atoms with Crippen molar-refractivity contribution in [3.63, 3.8) is 0 Å². The first-order chi connectivity index (χ1) is 26.1. The smallest absolute Gasteiger partial charge is 0.204 e. The lowest BCUT2D eigenvalue weighted by Crippen LogP contribution is -2.32. The minimum atomic E-state index is -1.16. The van der Waals surface area contributed by atoms with E-state index >= 15 is 0 Å². The molecule has 0 saturated heterocycles. The fourth-order valence-electron chi connectivity index (χ4n) is 8.05. The molecule has 0 spiro atoms. The quantitative estimate of drug-likeness (QED) is 0.106. The Hall–Kier alpha value is -6.93. The van der Waals surface area contributed by atoms with E-state index in [2.05, 4.69) is 18.2 Å². The average molecular weight is 706 g/mol. The Morgan fingerprint density at radius 2 is 1.13 bits per heavy atom. The van der Waals surface area contributed by atoms with Crippen molar-refractivity contribution in [2.24, 2.45) is 0 Å². The van der Waals surface area contributed by atoms with E-state index in [9.17, 15) is 35.7 Å². The molecule has 0 amide bonds. The summed E-state index contributed by atoms with van der Waals surface area (Å²) in [6.07, 6.45) is 7.38. The molecule has 54 heavy (non-hydrogen) atoms. The van der Waals surface area contributed by atoms with E-state index in [1.165, 1.54) is 0 Å². The third-order valence-electron chi connectivity index (χ3n) is 10.5. The number of aliphatic hydroxyl groups is 5. The number of aromatic hydroxyl groups is 2. The Labute approximate surface area is 310 Å². The van der Waals surface area contributed by atoms with Crippen molar-refractivity contribution in [3.8, 4) is 11.5 Å². The first-order valence-corrected chi connectivity index (χ1v) is 17.1. The number of furan rings is 1. The van der Waals surface area contributed by atoms with E-state index < -0.39 is 63.3 Å². The summed E-state index contributed by atoms with van der Waals surface area (Å²) in [5, 5.41) is 81.9. The van der Waals surface area contributed by atoms with Crippen LogP contribution in [0, 0.1) is 0 Å². The first-order valence-electron chi connectivity index (χ1n) is 17.1. The van der Waals surface area contributed by atoms with Crippen molar-refractivity contribution in [1.82, 2.24) is 0 Å². The summed E-state index contributed by atoms with van der Waals surface area (Å²) in [4.78, 5) is 0. The Morgan fingerprint density at radius 3 is 1.87 bits per heavy atom. The van der Waals surface area contributed by atoms with Gasteiger partial charge in [-0.25, -0.2) is 0 Å². The number of hydrogen-bond donors (Lipinski definition) is 7. The summed E-state index contributed by atoms with van der Waals surface area (Å²) < 4.78 is 6.45. The summed E-state index contributed by atoms with van der Waals surface area (Å²) in [7, 11) is 13.2. The normalized spacial score (nSPS) is 16.1. The van der Waals surface area contributed by atoms with E-state index in [4.69, 9.17) is 20.1 Å². The van der Waals surface area contributed by atoms with E-state index in [0.29, 0.717) is 17.2 Å². The van der Waals surface area contributed by atoms with Crippen LogP contribution in [0.15, 0.2) is 148 Å². The van der Waals surface area contributed by atoms with Crippen molar-refractivity contribution in [3.05, 3.63) is 170 Å². The number of allylic oxidation sites excluding steroid dienone is 7. The molecule has 0 saturated carbocycles. The second-order valence-electron chi connectivity index (χ2n) is 13.4. The fourth-order valence-corrected chi connectivity index (χ4v) is 8.05. The molecule has 258 valence electrons. The van der Waals surface area contributed by atoms with Crippen LogP contribution < -0.4 is 21.4 Å². The zero-order chi connectivity index (χ0) is 37.6. The van der Waals surface area contributed by atoms with Gasteiger partial charge in [-0.1, -0.05) is 96.5 Å². The van der Waals surface area contributed by atoms with E-state index in [-0.39, 0.29) is 11.0 Å². The van der Waals surface area contributed by atoms with Crippen LogP contribution in [-0.4, -0.2) is 51.4 Å². The highest BCUT2D eigenvalue weighted by Gasteiger charge is 2.33. The molecule has 5 aromatic carbocycles. The predicted octanol–water partition coefficient (Wildman–Crippen LogP) is 6.29. The number of hydrogen-bond acceptors (Lipinski definition) is 8. The highest BCUT2D eigenvalue weighted by atomic mass is 16.4. The van der Waals surface area contributed by atoms with E-state index in [0.717, 1.165) is 60.2 Å². The zero-order valence-electron chi connectivity index (χ0n) is 28.4. The van der Waals surface area contributed by atoms with Gasteiger partial charge in [0.15, 0.2) is 11.5 Å². The minimum absolute atomic E-state index is 0.00824. The largest absolute Gasteiger partial charge is 0.511 e. The molecule has 1 heterocycles. The number of phenolic OH excluding ortho intramolecular Hbond substituents is 2. The van der Waals surface area contributed by atoms with Crippen molar-refractivity contribution < 1.29 is 40.2 Å². The Morgan fingerprint density at radius 1 is 0.500 bits per heavy atom. The van der Waals surface area contributed by atoms with Gasteiger partial charge >= 0.3 is 0 Å². The molecule has 2 bridgehead atoms. The molecule has 9 rings (SSSR count). The predicted molar refractivity (Wildman–Crippen MR) is 211 cm³/mol. The second kappa shape index (κ2) is 12.1. The first kappa shape index (κ1) is 32.9. The fraction of sp³-hybridized carbons (Fsp3) is 0.0455. The summed E-state index contributed by atoms with van der Waals surface area (Å²) in [5.74, 6) is -6.25. The van der Waals surface area contributed by atoms with E-state index in [1.807, 2.05) is 85.0 Å². The van der Waals surface area contributed by atoms with Crippen LogP contribution in [0.25, 0.3) is 49.4 Å². The third kappa shape index (κ3) is 4.66. The number of aliphatic hydroxyl groups excluding tert-OH is 5. The molecule has 0 atom stereocenters. The van der Waals surface area contributed by atoms with Gasteiger partial charge < -0.3 is 40.2 Å². The lowest BCUT2D eigenvalue weighted by molar-refractivity contribution is 0.260. The topological polar surface area (TPSA) is 155 Å². The maximum absolute atomic E-state index is 11.8. The van der Waals surface area contributed by atoms with Gasteiger partial charge in [0.25, 0.3) is 0 Å². The Balaban J connectivity index is 1.45. The second-order valence-corrected chi connectivity index (χ2v) is 13.4. The molecular weight excluding hydrogens is 678 g/mol. The van der Waals surface area contributed by atoms with Crippen LogP contribution in [0.4, 0.5) is 0 Å². The molecule has 0 aliphatic heterocycles. The van der Waals surface area contributed by atoms with Crippen LogP contribution in [0.3, 0.4) is 0 Å². The minimum Gasteiger partial charge on any atom is -0.511 e. The highest BCUT2D eigenvalue weighted by Crippen LogP contribution is 2.44. The SMILES string of the molecule is [B]c1c(O)c(C2=C(O)CC(O)=C(O)C(O)=C2O)c([B])c(C2=c3ccccc3=C(c3cccc4oc5ccc6ccccc6c5c34)C3=CC=CC=C2C3)c1O. The molecular formula is C44H28B2O8. The van der Waals surface area contributed by atoms with Crippen LogP contribution >= 0.6 is 0 Å².